The summed E-state index contributed by atoms with van der Waals surface area (Å²) in [6, 6.07) is 7.09. The largest absolute Gasteiger partial charge is 0.508 e. The highest BCUT2D eigenvalue weighted by atomic mass is 16.7. The molecule has 190 valence electrons. The quantitative estimate of drug-likeness (QED) is 0.363. The highest BCUT2D eigenvalue weighted by Crippen LogP contribution is 2.43. The summed E-state index contributed by atoms with van der Waals surface area (Å²) in [5, 5.41) is 51.0. The molecule has 10 nitrogen and oxygen atoms in total. The summed E-state index contributed by atoms with van der Waals surface area (Å²) in [5.74, 6) is -0.570. The monoisotopic (exact) mass is 498 g/mol. The average molecular weight is 498 g/mol. The number of ether oxygens (including phenoxy) is 3. The molecule has 0 bridgehead atoms. The van der Waals surface area contributed by atoms with E-state index in [1.807, 2.05) is 13.8 Å². The Morgan fingerprint density at radius 1 is 1.00 bits per heavy atom. The highest BCUT2D eigenvalue weighted by Gasteiger charge is 2.44. The predicted molar refractivity (Wildman–Crippen MR) is 128 cm³/mol. The molecule has 36 heavy (non-hydrogen) atoms. The molecule has 5 atom stereocenters. The molecule has 3 aromatic rings. The van der Waals surface area contributed by atoms with Crippen molar-refractivity contribution in [1.29, 1.82) is 0 Å². The van der Waals surface area contributed by atoms with E-state index in [-0.39, 0.29) is 22.5 Å². The van der Waals surface area contributed by atoms with Crippen LogP contribution in [0.15, 0.2) is 45.6 Å². The standard InChI is InChI=1S/C26H26O10/c1-11-18(29)20(31)21(32)25(33-11)35-24-19(30)17-15(28)10-16-14(8-9-26(2,3)36-16)23(17)34-22(24)12-4-6-13(27)7-5-12/h4-11,18,20-21,25,27-29,31-32H,1-3H3. The highest BCUT2D eigenvalue weighted by molar-refractivity contribution is 5.95. The van der Waals surface area contributed by atoms with Crippen molar-refractivity contribution in [3.8, 4) is 34.3 Å². The first-order chi connectivity index (χ1) is 17.0. The lowest BCUT2D eigenvalue weighted by molar-refractivity contribution is -0.268. The minimum Gasteiger partial charge on any atom is -0.508 e. The van der Waals surface area contributed by atoms with E-state index in [9.17, 15) is 30.3 Å². The number of hydrogen-bond acceptors (Lipinski definition) is 10. The van der Waals surface area contributed by atoms with Gasteiger partial charge in [-0.15, -0.1) is 0 Å². The number of rotatable bonds is 3. The van der Waals surface area contributed by atoms with Gasteiger partial charge in [-0.25, -0.2) is 0 Å². The van der Waals surface area contributed by atoms with Crippen LogP contribution in [0.1, 0.15) is 26.3 Å². The molecule has 1 saturated heterocycles. The molecular weight excluding hydrogens is 472 g/mol. The number of phenolic OH excluding ortho intramolecular Hbond substituents is 2. The Labute approximate surface area is 205 Å². The van der Waals surface area contributed by atoms with Crippen LogP contribution in [0, 0.1) is 0 Å². The molecular formula is C26H26O10. The van der Waals surface area contributed by atoms with Gasteiger partial charge in [-0.3, -0.25) is 4.79 Å². The Bertz CT molecular complexity index is 1410. The first-order valence-electron chi connectivity index (χ1n) is 11.4. The maximum atomic E-state index is 13.7. The molecule has 0 saturated carbocycles. The molecule has 2 aliphatic heterocycles. The second kappa shape index (κ2) is 8.52. The number of aliphatic hydroxyl groups excluding tert-OH is 3. The number of aromatic hydroxyl groups is 2. The first kappa shape index (κ1) is 24.1. The molecule has 10 heteroatoms. The van der Waals surface area contributed by atoms with Crippen molar-refractivity contribution < 1.29 is 44.2 Å². The van der Waals surface area contributed by atoms with E-state index in [1.165, 1.54) is 37.3 Å². The molecule has 0 radical (unpaired) electrons. The smallest absolute Gasteiger partial charge is 0.239 e. The Morgan fingerprint density at radius 3 is 2.39 bits per heavy atom. The van der Waals surface area contributed by atoms with Gasteiger partial charge in [-0.1, -0.05) is 0 Å². The third kappa shape index (κ3) is 3.97. The molecule has 0 aliphatic carbocycles. The summed E-state index contributed by atoms with van der Waals surface area (Å²) in [6.45, 7) is 5.15. The normalized spacial score (nSPS) is 26.9. The molecule has 5 unspecified atom stereocenters. The number of hydrogen-bond donors (Lipinski definition) is 5. The Kier molecular flexibility index (Phi) is 5.72. The minimum atomic E-state index is -1.69. The van der Waals surface area contributed by atoms with Crippen LogP contribution in [0.3, 0.4) is 0 Å². The van der Waals surface area contributed by atoms with E-state index in [4.69, 9.17) is 18.6 Å². The fraction of sp³-hybridized carbons (Fsp3) is 0.346. The molecule has 0 amide bonds. The van der Waals surface area contributed by atoms with Crippen LogP contribution >= 0.6 is 0 Å². The Hall–Kier alpha value is -3.57. The Balaban J connectivity index is 1.73. The first-order valence-corrected chi connectivity index (χ1v) is 11.4. The predicted octanol–water partition coefficient (Wildman–Crippen LogP) is 2.26. The van der Waals surface area contributed by atoms with Crippen molar-refractivity contribution in [3.63, 3.8) is 0 Å². The average Bonchev–Trinajstić information content (AvgIpc) is 2.82. The maximum Gasteiger partial charge on any atom is 0.239 e. The Morgan fingerprint density at radius 2 is 1.69 bits per heavy atom. The number of aliphatic hydroxyl groups is 3. The van der Waals surface area contributed by atoms with Gasteiger partial charge in [-0.05, 0) is 57.2 Å². The van der Waals surface area contributed by atoms with Crippen LogP contribution in [0.4, 0.5) is 0 Å². The van der Waals surface area contributed by atoms with E-state index in [1.54, 1.807) is 12.2 Å². The summed E-state index contributed by atoms with van der Waals surface area (Å²) >= 11 is 0. The van der Waals surface area contributed by atoms with Crippen LogP contribution in [-0.4, -0.2) is 61.8 Å². The molecule has 5 N–H and O–H groups in total. The zero-order valence-corrected chi connectivity index (χ0v) is 19.7. The fourth-order valence-electron chi connectivity index (χ4n) is 4.31. The van der Waals surface area contributed by atoms with Crippen molar-refractivity contribution in [1.82, 2.24) is 0 Å². The minimum absolute atomic E-state index is 0.0186. The van der Waals surface area contributed by atoms with Gasteiger partial charge in [0.15, 0.2) is 11.3 Å². The maximum absolute atomic E-state index is 13.7. The zero-order valence-electron chi connectivity index (χ0n) is 19.7. The van der Waals surface area contributed by atoms with Gasteiger partial charge in [0, 0.05) is 11.6 Å². The van der Waals surface area contributed by atoms with Crippen molar-refractivity contribution in [2.75, 3.05) is 0 Å². The summed E-state index contributed by atoms with van der Waals surface area (Å²) in [7, 11) is 0. The fourth-order valence-corrected chi connectivity index (χ4v) is 4.31. The van der Waals surface area contributed by atoms with Gasteiger partial charge in [0.05, 0.1) is 11.7 Å². The molecule has 1 fully saturated rings. The van der Waals surface area contributed by atoms with Gasteiger partial charge in [0.2, 0.25) is 17.5 Å². The van der Waals surface area contributed by atoms with Crippen molar-refractivity contribution in [3.05, 3.63) is 52.2 Å². The van der Waals surface area contributed by atoms with Crippen molar-refractivity contribution in [2.45, 2.75) is 57.1 Å². The lowest BCUT2D eigenvalue weighted by Gasteiger charge is -2.38. The van der Waals surface area contributed by atoms with Gasteiger partial charge in [0.25, 0.3) is 0 Å². The second-order valence-corrected chi connectivity index (χ2v) is 9.49. The van der Waals surface area contributed by atoms with E-state index < -0.39 is 53.2 Å². The van der Waals surface area contributed by atoms with Gasteiger partial charge < -0.3 is 44.2 Å². The lowest BCUT2D eigenvalue weighted by Crippen LogP contribution is -2.58. The number of fused-ring (bicyclic) bond motifs is 3. The summed E-state index contributed by atoms with van der Waals surface area (Å²) < 4.78 is 23.4. The molecule has 2 aromatic carbocycles. The third-order valence-corrected chi connectivity index (χ3v) is 6.30. The zero-order chi connectivity index (χ0) is 25.9. The van der Waals surface area contributed by atoms with Gasteiger partial charge >= 0.3 is 0 Å². The van der Waals surface area contributed by atoms with Crippen LogP contribution in [0.2, 0.25) is 0 Å². The third-order valence-electron chi connectivity index (χ3n) is 6.30. The number of benzene rings is 2. The molecule has 0 spiro atoms. The molecule has 1 aromatic heterocycles. The van der Waals surface area contributed by atoms with Crippen LogP contribution in [-0.2, 0) is 4.74 Å². The van der Waals surface area contributed by atoms with Crippen LogP contribution < -0.4 is 14.9 Å². The molecule has 5 rings (SSSR count). The topological polar surface area (TPSA) is 159 Å². The number of phenols is 2. The van der Waals surface area contributed by atoms with E-state index in [2.05, 4.69) is 0 Å². The van der Waals surface area contributed by atoms with Gasteiger partial charge in [0.1, 0.15) is 46.5 Å². The van der Waals surface area contributed by atoms with E-state index in [0.717, 1.165) is 0 Å². The van der Waals surface area contributed by atoms with E-state index in [0.29, 0.717) is 16.9 Å². The lowest BCUT2D eigenvalue weighted by atomic mass is 9.99. The van der Waals surface area contributed by atoms with Crippen molar-refractivity contribution >= 4 is 17.0 Å². The van der Waals surface area contributed by atoms with E-state index >= 15 is 0 Å². The molecule has 3 heterocycles. The van der Waals surface area contributed by atoms with Crippen molar-refractivity contribution in [2.24, 2.45) is 0 Å². The summed E-state index contributed by atoms with van der Waals surface area (Å²) in [6.07, 6.45) is -3.56. The SMILES string of the molecule is CC1OC(Oc2c(-c3ccc(O)cc3)oc3c4c(cc(O)c3c2=O)OC(C)(C)C=C4)C(O)C(O)C1O. The summed E-state index contributed by atoms with van der Waals surface area (Å²) in [4.78, 5) is 13.7. The van der Waals surface area contributed by atoms with Crippen LogP contribution in [0.25, 0.3) is 28.4 Å². The van der Waals surface area contributed by atoms with Gasteiger partial charge in [-0.2, -0.15) is 0 Å². The summed E-state index contributed by atoms with van der Waals surface area (Å²) in [5.41, 5.74) is -0.578. The molecule has 2 aliphatic rings. The van der Waals surface area contributed by atoms with Crippen LogP contribution in [0.5, 0.6) is 23.0 Å². The second-order valence-electron chi connectivity index (χ2n) is 9.49.